The van der Waals surface area contributed by atoms with E-state index in [1.807, 2.05) is 18.2 Å². The van der Waals surface area contributed by atoms with Gasteiger partial charge in [0.15, 0.2) is 0 Å². The van der Waals surface area contributed by atoms with E-state index in [1.54, 1.807) is 0 Å². The number of carbonyl (C=O) groups excluding carboxylic acids is 2. The van der Waals surface area contributed by atoms with Crippen molar-refractivity contribution < 1.29 is 47.8 Å². The lowest BCUT2D eigenvalue weighted by atomic mass is 10.1. The van der Waals surface area contributed by atoms with Crippen molar-refractivity contribution in [3.63, 3.8) is 0 Å². The highest BCUT2D eigenvalue weighted by Gasteiger charge is 2.27. The molecule has 0 aliphatic heterocycles. The van der Waals surface area contributed by atoms with Crippen LogP contribution in [0, 0.1) is 0 Å². The Balaban J connectivity index is 4.11. The number of carbonyl (C=O) groups is 2. The lowest BCUT2D eigenvalue weighted by molar-refractivity contribution is -0.153. The summed E-state index contributed by atoms with van der Waals surface area (Å²) in [6.45, 7) is 1.94. The minimum atomic E-state index is -4.65. The highest BCUT2D eigenvalue weighted by Crippen LogP contribution is 2.43. The van der Waals surface area contributed by atoms with Crippen molar-refractivity contribution in [2.75, 3.05) is 26.4 Å². The number of aliphatic hydroxyl groups excluding tert-OH is 2. The molecule has 10 nitrogen and oxygen atoms in total. The average Bonchev–Trinajstić information content (AvgIpc) is 3.12. The third-order valence-electron chi connectivity index (χ3n) is 7.45. The maximum atomic E-state index is 12.3. The molecule has 292 valence electrons. The Morgan fingerprint density at radius 3 is 1.33 bits per heavy atom. The molecule has 0 aromatic carbocycles. The number of hydrogen-bond donors (Lipinski definition) is 3. The van der Waals surface area contributed by atoms with Crippen LogP contribution in [-0.2, 0) is 32.7 Å². The molecule has 0 rings (SSSR count). The summed E-state index contributed by atoms with van der Waals surface area (Å²) in [4.78, 5) is 34.2. The molecule has 51 heavy (non-hydrogen) atoms. The molecule has 3 unspecified atom stereocenters. The molecule has 0 saturated carbocycles. The number of rotatable bonds is 34. The molecular weight excluding hydrogens is 671 g/mol. The summed E-state index contributed by atoms with van der Waals surface area (Å²) in [5.74, 6) is -1.12. The van der Waals surface area contributed by atoms with Gasteiger partial charge in [0, 0.05) is 12.8 Å². The van der Waals surface area contributed by atoms with Crippen LogP contribution in [0.1, 0.15) is 129 Å². The maximum Gasteiger partial charge on any atom is 0.472 e. The second kappa shape index (κ2) is 35.8. The second-order valence-corrected chi connectivity index (χ2v) is 13.6. The Morgan fingerprint density at radius 2 is 0.922 bits per heavy atom. The number of unbranched alkanes of at least 4 members (excludes halogenated alkanes) is 8. The van der Waals surface area contributed by atoms with Crippen molar-refractivity contribution in [3.8, 4) is 0 Å². The second-order valence-electron chi connectivity index (χ2n) is 12.2. The number of esters is 2. The normalized spacial score (nSPS) is 14.8. The van der Waals surface area contributed by atoms with Crippen molar-refractivity contribution in [2.24, 2.45) is 0 Å². The van der Waals surface area contributed by atoms with Gasteiger partial charge in [0.25, 0.3) is 0 Å². The first-order valence-corrected chi connectivity index (χ1v) is 20.4. The molecule has 0 fully saturated rings. The molecule has 0 amide bonds. The summed E-state index contributed by atoms with van der Waals surface area (Å²) in [7, 11) is -4.65. The topological polar surface area (TPSA) is 149 Å². The van der Waals surface area contributed by atoms with Gasteiger partial charge in [-0.3, -0.25) is 18.6 Å². The molecule has 0 saturated heterocycles. The lowest BCUT2D eigenvalue weighted by Gasteiger charge is -2.20. The molecular formula is C40H67O10P. The highest BCUT2D eigenvalue weighted by molar-refractivity contribution is 7.47. The van der Waals surface area contributed by atoms with Gasteiger partial charge < -0.3 is 24.6 Å². The van der Waals surface area contributed by atoms with Gasteiger partial charge in [-0.2, -0.15) is 0 Å². The van der Waals surface area contributed by atoms with Crippen LogP contribution < -0.4 is 0 Å². The fourth-order valence-electron chi connectivity index (χ4n) is 4.55. The van der Waals surface area contributed by atoms with Gasteiger partial charge in [0.1, 0.15) is 12.2 Å². The Bertz CT molecular complexity index is 1080. The standard InChI is InChI=1S/C40H67O10P/c1-3-5-7-9-11-13-14-15-16-17-18-19-20-21-22-24-26-28-30-32-40(44)50-38(34-42)36-48-51(45,46)47-35-37(33-41)49-39(43)31-29-27-25-23-12-10-8-6-4-2/h5,7,11,13,15-16,18-19,21-22,26,28,37-38,41-42H,3-4,6,8-10,12,14,17,20,23-25,27,29-36H2,1-2H3,(H,45,46)/b7-5-,13-11-,16-15-,19-18-,22-21-,28-26-. The van der Waals surface area contributed by atoms with Gasteiger partial charge in [-0.05, 0) is 51.4 Å². The van der Waals surface area contributed by atoms with E-state index in [-0.39, 0.29) is 12.8 Å². The fraction of sp³-hybridized carbons (Fsp3) is 0.650. The van der Waals surface area contributed by atoms with Gasteiger partial charge in [0.05, 0.1) is 26.4 Å². The van der Waals surface area contributed by atoms with Crippen molar-refractivity contribution >= 4 is 19.8 Å². The summed E-state index contributed by atoms with van der Waals surface area (Å²) in [6.07, 6.45) is 39.1. The quantitative estimate of drug-likeness (QED) is 0.0252. The summed E-state index contributed by atoms with van der Waals surface area (Å²) >= 11 is 0. The van der Waals surface area contributed by atoms with E-state index in [1.165, 1.54) is 32.1 Å². The first-order chi connectivity index (χ1) is 24.8. The van der Waals surface area contributed by atoms with E-state index >= 15 is 0 Å². The number of ether oxygens (including phenoxy) is 2. The van der Waals surface area contributed by atoms with Crippen LogP contribution in [0.4, 0.5) is 0 Å². The van der Waals surface area contributed by atoms with E-state index in [9.17, 15) is 29.3 Å². The minimum absolute atomic E-state index is 0.0640. The number of phosphoric ester groups is 1. The zero-order valence-corrected chi connectivity index (χ0v) is 32.2. The van der Waals surface area contributed by atoms with Gasteiger partial charge in [-0.25, -0.2) is 4.57 Å². The molecule has 3 N–H and O–H groups in total. The largest absolute Gasteiger partial charge is 0.472 e. The number of hydrogen-bond acceptors (Lipinski definition) is 9. The summed E-state index contributed by atoms with van der Waals surface area (Å²) in [6, 6.07) is 0. The predicted octanol–water partition coefficient (Wildman–Crippen LogP) is 9.33. The molecule has 0 aliphatic carbocycles. The zero-order chi connectivity index (χ0) is 37.7. The van der Waals surface area contributed by atoms with Crippen molar-refractivity contribution in [1.29, 1.82) is 0 Å². The van der Waals surface area contributed by atoms with E-state index in [0.717, 1.165) is 57.8 Å². The van der Waals surface area contributed by atoms with E-state index in [0.29, 0.717) is 12.8 Å². The lowest BCUT2D eigenvalue weighted by Crippen LogP contribution is -2.28. The van der Waals surface area contributed by atoms with Crippen LogP contribution in [0.2, 0.25) is 0 Å². The van der Waals surface area contributed by atoms with Crippen LogP contribution >= 0.6 is 7.82 Å². The Kier molecular flexibility index (Phi) is 34.0. The number of phosphoric acid groups is 1. The Hall–Kier alpha value is -2.59. The summed E-state index contributed by atoms with van der Waals surface area (Å²) in [5, 5.41) is 19.0. The predicted molar refractivity (Wildman–Crippen MR) is 205 cm³/mol. The molecule has 0 radical (unpaired) electrons. The third kappa shape index (κ3) is 34.3. The monoisotopic (exact) mass is 738 g/mol. The van der Waals surface area contributed by atoms with Gasteiger partial charge >= 0.3 is 19.8 Å². The van der Waals surface area contributed by atoms with Crippen LogP contribution in [0.15, 0.2) is 72.9 Å². The summed E-state index contributed by atoms with van der Waals surface area (Å²) < 4.78 is 32.3. The number of aliphatic hydroxyl groups is 2. The zero-order valence-electron chi connectivity index (χ0n) is 31.3. The minimum Gasteiger partial charge on any atom is -0.457 e. The molecule has 0 aromatic heterocycles. The number of allylic oxidation sites excluding steroid dienone is 12. The molecule has 0 bridgehead atoms. The van der Waals surface area contributed by atoms with Gasteiger partial charge in [-0.1, -0.05) is 138 Å². The molecule has 0 heterocycles. The highest BCUT2D eigenvalue weighted by atomic mass is 31.2. The van der Waals surface area contributed by atoms with Crippen LogP contribution in [0.25, 0.3) is 0 Å². The fourth-order valence-corrected chi connectivity index (χ4v) is 5.33. The molecule has 0 aromatic rings. The Morgan fingerprint density at radius 1 is 0.549 bits per heavy atom. The van der Waals surface area contributed by atoms with Gasteiger partial charge in [0.2, 0.25) is 0 Å². The van der Waals surface area contributed by atoms with Gasteiger partial charge in [-0.15, -0.1) is 0 Å². The third-order valence-corrected chi connectivity index (χ3v) is 8.40. The first kappa shape index (κ1) is 48.4. The summed E-state index contributed by atoms with van der Waals surface area (Å²) in [5.41, 5.74) is 0. The SMILES string of the molecule is CC/C=C\C/C=C\C/C=C\C/C=C\C/C=C\C/C=C\CCC(=O)OC(CO)COP(=O)(O)OCC(CO)OC(=O)CCCCCCCCCCC. The van der Waals surface area contributed by atoms with Crippen molar-refractivity contribution in [1.82, 2.24) is 0 Å². The molecule has 0 spiro atoms. The van der Waals surface area contributed by atoms with Crippen molar-refractivity contribution in [3.05, 3.63) is 72.9 Å². The maximum absolute atomic E-state index is 12.3. The van der Waals surface area contributed by atoms with Crippen LogP contribution in [0.3, 0.4) is 0 Å². The molecule has 11 heteroatoms. The van der Waals surface area contributed by atoms with E-state index in [2.05, 4.69) is 68.5 Å². The van der Waals surface area contributed by atoms with Crippen molar-refractivity contribution in [2.45, 2.75) is 142 Å². The Labute approximate surface area is 308 Å². The molecule has 3 atom stereocenters. The molecule has 0 aliphatic rings. The average molecular weight is 739 g/mol. The van der Waals surface area contributed by atoms with Crippen LogP contribution in [-0.4, -0.2) is 65.7 Å². The smallest absolute Gasteiger partial charge is 0.457 e. The first-order valence-electron chi connectivity index (χ1n) is 18.9. The van der Waals surface area contributed by atoms with E-state index in [4.69, 9.17) is 18.5 Å². The van der Waals surface area contributed by atoms with E-state index < -0.39 is 58.4 Å². The van der Waals surface area contributed by atoms with Crippen LogP contribution in [0.5, 0.6) is 0 Å².